The lowest BCUT2D eigenvalue weighted by Crippen LogP contribution is -2.58. The molecule has 3 atom stereocenters. The summed E-state index contributed by atoms with van der Waals surface area (Å²) in [5.41, 5.74) is 0.191. The molecular weight excluding hydrogens is 230 g/mol. The molecule has 1 saturated carbocycles. The number of carbonyl (C=O) groups excluding carboxylic acids is 1. The fraction of sp³-hybridized carbons (Fsp3) is 0.929. The van der Waals surface area contributed by atoms with Gasteiger partial charge in [-0.3, -0.25) is 4.79 Å². The Morgan fingerprint density at radius 3 is 2.39 bits per heavy atom. The van der Waals surface area contributed by atoms with Crippen molar-refractivity contribution in [3.8, 4) is 0 Å². The summed E-state index contributed by atoms with van der Waals surface area (Å²) < 4.78 is 11.6. The summed E-state index contributed by atoms with van der Waals surface area (Å²) in [5, 5.41) is 2.95. The molecule has 102 valence electrons. The molecule has 1 N–H and O–H groups in total. The molecule has 3 rings (SSSR count). The van der Waals surface area contributed by atoms with E-state index in [1.165, 1.54) is 0 Å². The minimum atomic E-state index is -0.407. The predicted octanol–water partition coefficient (Wildman–Crippen LogP) is 1.55. The van der Waals surface area contributed by atoms with Crippen LogP contribution in [0.5, 0.6) is 0 Å². The zero-order chi connectivity index (χ0) is 13.0. The zero-order valence-corrected chi connectivity index (χ0v) is 11.5. The van der Waals surface area contributed by atoms with Crippen LogP contribution in [0, 0.1) is 23.2 Å². The first-order valence-corrected chi connectivity index (χ1v) is 6.98. The third-order valence-corrected chi connectivity index (χ3v) is 5.42. The molecule has 1 aliphatic carbocycles. The van der Waals surface area contributed by atoms with E-state index in [0.717, 1.165) is 13.0 Å². The Labute approximate surface area is 108 Å². The molecule has 2 heterocycles. The second kappa shape index (κ2) is 3.94. The van der Waals surface area contributed by atoms with Gasteiger partial charge in [-0.1, -0.05) is 13.8 Å². The van der Waals surface area contributed by atoms with Crippen molar-refractivity contribution < 1.29 is 14.3 Å². The Morgan fingerprint density at radius 1 is 1.22 bits per heavy atom. The summed E-state index contributed by atoms with van der Waals surface area (Å²) in [4.78, 5) is 11.3. The highest BCUT2D eigenvalue weighted by Gasteiger charge is 2.60. The van der Waals surface area contributed by atoms with Gasteiger partial charge in [0.15, 0.2) is 5.79 Å². The Morgan fingerprint density at radius 2 is 1.89 bits per heavy atom. The van der Waals surface area contributed by atoms with Crippen LogP contribution in [0.1, 0.15) is 33.6 Å². The molecule has 0 aromatic carbocycles. The molecule has 1 unspecified atom stereocenters. The molecule has 1 amide bonds. The average molecular weight is 253 g/mol. The molecule has 18 heavy (non-hydrogen) atoms. The van der Waals surface area contributed by atoms with E-state index in [4.69, 9.17) is 9.47 Å². The summed E-state index contributed by atoms with van der Waals surface area (Å²) in [7, 11) is 0. The van der Waals surface area contributed by atoms with Gasteiger partial charge in [0.2, 0.25) is 5.91 Å². The van der Waals surface area contributed by atoms with E-state index in [1.54, 1.807) is 0 Å². The topological polar surface area (TPSA) is 47.6 Å². The molecule has 4 heteroatoms. The lowest BCUT2D eigenvalue weighted by Gasteiger charge is -2.58. The Balaban J connectivity index is 1.70. The van der Waals surface area contributed by atoms with Crippen LogP contribution < -0.4 is 5.32 Å². The summed E-state index contributed by atoms with van der Waals surface area (Å²) in [6.45, 7) is 8.92. The van der Waals surface area contributed by atoms with Crippen molar-refractivity contribution in [2.24, 2.45) is 23.2 Å². The van der Waals surface area contributed by atoms with Crippen LogP contribution in [0.2, 0.25) is 0 Å². The second-order valence-electron chi connectivity index (χ2n) is 6.70. The first-order chi connectivity index (χ1) is 8.43. The van der Waals surface area contributed by atoms with E-state index < -0.39 is 5.79 Å². The van der Waals surface area contributed by atoms with Gasteiger partial charge in [-0.25, -0.2) is 0 Å². The molecule has 3 fully saturated rings. The monoisotopic (exact) mass is 253 g/mol. The average Bonchev–Trinajstić information content (AvgIpc) is 2.87. The molecule has 4 nitrogen and oxygen atoms in total. The maximum atomic E-state index is 11.3. The van der Waals surface area contributed by atoms with E-state index in [1.807, 2.05) is 0 Å². The second-order valence-corrected chi connectivity index (χ2v) is 6.70. The number of hydrogen-bond acceptors (Lipinski definition) is 3. The molecule has 0 radical (unpaired) electrons. The normalized spacial score (nSPS) is 41.5. The van der Waals surface area contributed by atoms with Gasteiger partial charge in [-0.05, 0) is 30.6 Å². The van der Waals surface area contributed by atoms with E-state index in [0.29, 0.717) is 37.4 Å². The van der Waals surface area contributed by atoms with Crippen molar-refractivity contribution in [3.05, 3.63) is 0 Å². The van der Waals surface area contributed by atoms with Crippen molar-refractivity contribution in [2.45, 2.75) is 39.4 Å². The largest absolute Gasteiger partial charge is 0.356 e. The highest BCUT2D eigenvalue weighted by molar-refractivity contribution is 5.78. The van der Waals surface area contributed by atoms with E-state index in [9.17, 15) is 4.79 Å². The number of rotatable bonds is 2. The van der Waals surface area contributed by atoms with Gasteiger partial charge in [0.05, 0.1) is 13.2 Å². The fourth-order valence-electron chi connectivity index (χ4n) is 4.29. The summed E-state index contributed by atoms with van der Waals surface area (Å²) >= 11 is 0. The van der Waals surface area contributed by atoms with Crippen molar-refractivity contribution in [1.29, 1.82) is 0 Å². The Bertz CT molecular complexity index is 360. The predicted molar refractivity (Wildman–Crippen MR) is 66.8 cm³/mol. The third-order valence-electron chi connectivity index (χ3n) is 5.42. The number of amides is 1. The maximum absolute atomic E-state index is 11.3. The van der Waals surface area contributed by atoms with Crippen molar-refractivity contribution in [2.75, 3.05) is 19.8 Å². The maximum Gasteiger partial charge on any atom is 0.220 e. The van der Waals surface area contributed by atoms with E-state index in [-0.39, 0.29) is 11.3 Å². The quantitative estimate of drug-likeness (QED) is 0.812. The minimum absolute atomic E-state index is 0.191. The molecule has 2 saturated heterocycles. The van der Waals surface area contributed by atoms with Gasteiger partial charge in [0.1, 0.15) is 0 Å². The smallest absolute Gasteiger partial charge is 0.220 e. The number of carbonyl (C=O) groups is 1. The third kappa shape index (κ3) is 1.69. The lowest BCUT2D eigenvalue weighted by molar-refractivity contribution is -0.258. The van der Waals surface area contributed by atoms with Gasteiger partial charge in [-0.15, -0.1) is 0 Å². The number of hydrogen-bond donors (Lipinski definition) is 1. The van der Waals surface area contributed by atoms with Gasteiger partial charge in [0.25, 0.3) is 0 Å². The molecule has 0 spiro atoms. The van der Waals surface area contributed by atoms with E-state index in [2.05, 4.69) is 26.1 Å². The molecule has 0 aromatic heterocycles. The first kappa shape index (κ1) is 12.4. The van der Waals surface area contributed by atoms with E-state index >= 15 is 0 Å². The summed E-state index contributed by atoms with van der Waals surface area (Å²) in [6.07, 6.45) is 1.81. The van der Waals surface area contributed by atoms with Gasteiger partial charge < -0.3 is 14.8 Å². The van der Waals surface area contributed by atoms with Crippen molar-refractivity contribution in [3.63, 3.8) is 0 Å². The fourth-order valence-corrected chi connectivity index (χ4v) is 4.29. The first-order valence-electron chi connectivity index (χ1n) is 6.98. The van der Waals surface area contributed by atoms with Gasteiger partial charge in [-0.2, -0.15) is 0 Å². The Hall–Kier alpha value is -0.610. The molecule has 0 aromatic rings. The molecule has 2 aliphatic heterocycles. The van der Waals surface area contributed by atoms with Crippen LogP contribution in [-0.4, -0.2) is 31.5 Å². The number of nitrogens with one attached hydrogen (secondary N) is 1. The highest BCUT2D eigenvalue weighted by Crippen LogP contribution is 2.60. The number of ether oxygens (including phenoxy) is 2. The standard InChI is InChI=1S/C14H23NO3/c1-13(2)10(9-6-12(16)15-8-9)7-11(13)14(3)17-4-5-18-14/h9-11H,4-8H2,1-3H3,(H,15,16)/t9-,10?,11-/m1/s1. The molecule has 0 bridgehead atoms. The highest BCUT2D eigenvalue weighted by atomic mass is 16.7. The van der Waals surface area contributed by atoms with Crippen molar-refractivity contribution in [1.82, 2.24) is 5.32 Å². The zero-order valence-electron chi connectivity index (χ0n) is 11.5. The minimum Gasteiger partial charge on any atom is -0.356 e. The molecule has 3 aliphatic rings. The van der Waals surface area contributed by atoms with Crippen LogP contribution in [0.25, 0.3) is 0 Å². The lowest BCUT2D eigenvalue weighted by atomic mass is 9.49. The van der Waals surface area contributed by atoms with Crippen LogP contribution in [-0.2, 0) is 14.3 Å². The van der Waals surface area contributed by atoms with Gasteiger partial charge >= 0.3 is 0 Å². The van der Waals surface area contributed by atoms with Crippen LogP contribution in [0.15, 0.2) is 0 Å². The summed E-state index contributed by atoms with van der Waals surface area (Å²) in [6, 6.07) is 0. The van der Waals surface area contributed by atoms with Crippen molar-refractivity contribution >= 4 is 5.91 Å². The van der Waals surface area contributed by atoms with Crippen LogP contribution in [0.3, 0.4) is 0 Å². The summed E-state index contributed by atoms with van der Waals surface area (Å²) in [5.74, 6) is 1.34. The Kier molecular flexibility index (Phi) is 2.72. The van der Waals surface area contributed by atoms with Crippen LogP contribution >= 0.6 is 0 Å². The van der Waals surface area contributed by atoms with Gasteiger partial charge in [0, 0.05) is 18.9 Å². The molecular formula is C14H23NO3. The van der Waals surface area contributed by atoms with Crippen LogP contribution in [0.4, 0.5) is 0 Å². The SMILES string of the molecule is CC1([C@@H]2CC([C@H]3CNC(=O)C3)C2(C)C)OCCO1.